The molecule has 3 N–H and O–H groups in total. The van der Waals surface area contributed by atoms with Crippen molar-refractivity contribution in [2.24, 2.45) is 11.1 Å². The molecule has 4 heteroatoms. The summed E-state index contributed by atoms with van der Waals surface area (Å²) in [7, 11) is 0. The number of aliphatic hydroxyl groups excluding tert-OH is 1. The second kappa shape index (κ2) is 6.21. The van der Waals surface area contributed by atoms with E-state index in [0.717, 1.165) is 38.5 Å². The lowest BCUT2D eigenvalue weighted by molar-refractivity contribution is 0.0142. The molecule has 1 atom stereocenters. The van der Waals surface area contributed by atoms with Gasteiger partial charge in [0.15, 0.2) is 0 Å². The van der Waals surface area contributed by atoms with E-state index >= 15 is 0 Å². The lowest BCUT2D eigenvalue weighted by Crippen LogP contribution is -2.36. The van der Waals surface area contributed by atoms with Gasteiger partial charge < -0.3 is 10.8 Å². The number of benzene rings is 1. The largest absolute Gasteiger partial charge is 0.388 e. The maximum absolute atomic E-state index is 14.1. The summed E-state index contributed by atoms with van der Waals surface area (Å²) in [5.41, 5.74) is 5.78. The molecule has 1 aromatic rings. The zero-order valence-electron chi connectivity index (χ0n) is 11.0. The molecular weight excluding hydrogens is 265 g/mol. The summed E-state index contributed by atoms with van der Waals surface area (Å²) >= 11 is 5.80. The molecule has 1 unspecified atom stereocenters. The van der Waals surface area contributed by atoms with Gasteiger partial charge in [-0.25, -0.2) is 4.39 Å². The molecule has 2 rings (SSSR count). The highest BCUT2D eigenvalue weighted by atomic mass is 35.5. The van der Waals surface area contributed by atoms with Gasteiger partial charge >= 0.3 is 0 Å². The third-order valence-corrected chi connectivity index (χ3v) is 4.65. The zero-order valence-corrected chi connectivity index (χ0v) is 11.8. The van der Waals surface area contributed by atoms with Crippen molar-refractivity contribution in [3.05, 3.63) is 34.6 Å². The van der Waals surface area contributed by atoms with Crippen LogP contribution in [0.1, 0.15) is 50.2 Å². The van der Waals surface area contributed by atoms with Gasteiger partial charge in [-0.15, -0.1) is 0 Å². The van der Waals surface area contributed by atoms with Gasteiger partial charge in [0.1, 0.15) is 5.82 Å². The van der Waals surface area contributed by atoms with Crippen LogP contribution < -0.4 is 5.73 Å². The highest BCUT2D eigenvalue weighted by Crippen LogP contribution is 2.45. The van der Waals surface area contributed by atoms with E-state index < -0.39 is 17.3 Å². The first-order valence-electron chi connectivity index (χ1n) is 6.93. The third kappa shape index (κ3) is 2.93. The lowest BCUT2D eigenvalue weighted by Gasteiger charge is -2.36. The van der Waals surface area contributed by atoms with Gasteiger partial charge in [-0.3, -0.25) is 0 Å². The molecule has 0 aromatic heterocycles. The quantitative estimate of drug-likeness (QED) is 0.830. The molecule has 0 bridgehead atoms. The van der Waals surface area contributed by atoms with E-state index in [-0.39, 0.29) is 10.6 Å². The van der Waals surface area contributed by atoms with Crippen LogP contribution in [0.2, 0.25) is 5.02 Å². The van der Waals surface area contributed by atoms with E-state index in [1.165, 1.54) is 6.07 Å². The van der Waals surface area contributed by atoms with Crippen LogP contribution in [-0.4, -0.2) is 11.7 Å². The Morgan fingerprint density at radius 2 is 1.89 bits per heavy atom. The van der Waals surface area contributed by atoms with Crippen molar-refractivity contribution < 1.29 is 9.50 Å². The fourth-order valence-corrected chi connectivity index (χ4v) is 3.27. The standard InChI is InChI=1S/C15H21ClFNO/c16-12-7-5-6-11(13(12)17)14(19)15(10-18)8-3-1-2-4-9-15/h5-7,14,19H,1-4,8-10,18H2. The first-order valence-corrected chi connectivity index (χ1v) is 7.30. The summed E-state index contributed by atoms with van der Waals surface area (Å²) in [6.45, 7) is 0.375. The average molecular weight is 286 g/mol. The minimum atomic E-state index is -0.880. The number of rotatable bonds is 3. The number of aliphatic hydroxyl groups is 1. The molecule has 0 heterocycles. The topological polar surface area (TPSA) is 46.2 Å². The van der Waals surface area contributed by atoms with E-state index in [2.05, 4.69) is 0 Å². The molecule has 19 heavy (non-hydrogen) atoms. The Morgan fingerprint density at radius 1 is 1.26 bits per heavy atom. The summed E-state index contributed by atoms with van der Waals surface area (Å²) in [6, 6.07) is 4.77. The van der Waals surface area contributed by atoms with Crippen LogP contribution >= 0.6 is 11.6 Å². The smallest absolute Gasteiger partial charge is 0.147 e. The van der Waals surface area contributed by atoms with Crippen molar-refractivity contribution >= 4 is 11.6 Å². The molecule has 1 aromatic carbocycles. The highest BCUT2D eigenvalue weighted by molar-refractivity contribution is 6.30. The number of nitrogens with two attached hydrogens (primary N) is 1. The van der Waals surface area contributed by atoms with Crippen molar-refractivity contribution in [1.82, 2.24) is 0 Å². The van der Waals surface area contributed by atoms with Crippen molar-refractivity contribution in [3.8, 4) is 0 Å². The maximum Gasteiger partial charge on any atom is 0.147 e. The monoisotopic (exact) mass is 285 g/mol. The number of halogens is 2. The molecule has 0 radical (unpaired) electrons. The minimum Gasteiger partial charge on any atom is -0.388 e. The fraction of sp³-hybridized carbons (Fsp3) is 0.600. The van der Waals surface area contributed by atoms with Crippen LogP contribution in [0.3, 0.4) is 0 Å². The molecule has 1 aliphatic rings. The Kier molecular flexibility index (Phi) is 4.82. The van der Waals surface area contributed by atoms with E-state index in [4.69, 9.17) is 17.3 Å². The van der Waals surface area contributed by atoms with Gasteiger partial charge in [0.05, 0.1) is 11.1 Å². The molecule has 0 spiro atoms. The zero-order chi connectivity index (χ0) is 13.9. The Balaban J connectivity index is 2.34. The van der Waals surface area contributed by atoms with E-state index in [1.807, 2.05) is 0 Å². The number of hydrogen-bond donors (Lipinski definition) is 2. The maximum atomic E-state index is 14.1. The molecular formula is C15H21ClFNO. The average Bonchev–Trinajstić information content (AvgIpc) is 2.67. The predicted molar refractivity (Wildman–Crippen MR) is 75.6 cm³/mol. The lowest BCUT2D eigenvalue weighted by atomic mass is 9.73. The molecule has 106 valence electrons. The molecule has 0 saturated heterocycles. The van der Waals surface area contributed by atoms with Crippen LogP contribution in [0.5, 0.6) is 0 Å². The van der Waals surface area contributed by atoms with Crippen molar-refractivity contribution in [3.63, 3.8) is 0 Å². The summed E-state index contributed by atoms with van der Waals surface area (Å²) < 4.78 is 14.1. The van der Waals surface area contributed by atoms with Gasteiger partial charge in [-0.05, 0) is 18.9 Å². The van der Waals surface area contributed by atoms with Crippen LogP contribution in [-0.2, 0) is 0 Å². The van der Waals surface area contributed by atoms with E-state index in [9.17, 15) is 9.50 Å². The van der Waals surface area contributed by atoms with Crippen molar-refractivity contribution in [2.75, 3.05) is 6.54 Å². The molecule has 1 aliphatic carbocycles. The van der Waals surface area contributed by atoms with Crippen LogP contribution in [0.15, 0.2) is 18.2 Å². The summed E-state index contributed by atoms with van der Waals surface area (Å²) in [5, 5.41) is 10.7. The summed E-state index contributed by atoms with van der Waals surface area (Å²) in [5.74, 6) is -0.520. The predicted octanol–water partition coefficient (Wildman–Crippen LogP) is 3.81. The van der Waals surface area contributed by atoms with Gasteiger partial charge in [-0.1, -0.05) is 49.4 Å². The first kappa shape index (κ1) is 14.8. The minimum absolute atomic E-state index is 0.0531. The van der Waals surface area contributed by atoms with Gasteiger partial charge in [0.25, 0.3) is 0 Å². The van der Waals surface area contributed by atoms with Gasteiger partial charge in [-0.2, -0.15) is 0 Å². The first-order chi connectivity index (χ1) is 9.10. The molecule has 2 nitrogen and oxygen atoms in total. The molecule has 0 amide bonds. The SMILES string of the molecule is NCC1(C(O)c2cccc(Cl)c2F)CCCCCC1. The number of hydrogen-bond acceptors (Lipinski definition) is 2. The Labute approximate surface area is 118 Å². The Bertz CT molecular complexity index is 430. The Morgan fingerprint density at radius 3 is 2.47 bits per heavy atom. The van der Waals surface area contributed by atoms with Crippen LogP contribution in [0.4, 0.5) is 4.39 Å². The van der Waals surface area contributed by atoms with Gasteiger partial charge in [0, 0.05) is 17.5 Å². The second-order valence-corrected chi connectivity index (χ2v) is 5.93. The van der Waals surface area contributed by atoms with Gasteiger partial charge in [0.2, 0.25) is 0 Å². The van der Waals surface area contributed by atoms with Crippen molar-refractivity contribution in [1.29, 1.82) is 0 Å². The van der Waals surface area contributed by atoms with Crippen LogP contribution in [0, 0.1) is 11.2 Å². The third-order valence-electron chi connectivity index (χ3n) is 4.36. The van der Waals surface area contributed by atoms with E-state index in [0.29, 0.717) is 6.54 Å². The fourth-order valence-electron chi connectivity index (χ4n) is 3.08. The summed E-state index contributed by atoms with van der Waals surface area (Å²) in [6.07, 6.45) is 5.20. The normalized spacial score (nSPS) is 20.8. The summed E-state index contributed by atoms with van der Waals surface area (Å²) in [4.78, 5) is 0. The Hall–Kier alpha value is -0.640. The molecule has 1 fully saturated rings. The molecule has 0 aliphatic heterocycles. The second-order valence-electron chi connectivity index (χ2n) is 5.53. The van der Waals surface area contributed by atoms with E-state index in [1.54, 1.807) is 12.1 Å². The molecule has 1 saturated carbocycles. The van der Waals surface area contributed by atoms with Crippen LogP contribution in [0.25, 0.3) is 0 Å². The van der Waals surface area contributed by atoms with Crippen molar-refractivity contribution in [2.45, 2.75) is 44.6 Å². The highest BCUT2D eigenvalue weighted by Gasteiger charge is 2.39.